The van der Waals surface area contributed by atoms with Gasteiger partial charge in [-0.15, -0.1) is 0 Å². The number of rotatable bonds is 3. The van der Waals surface area contributed by atoms with Gasteiger partial charge in [-0.1, -0.05) is 11.6 Å². The van der Waals surface area contributed by atoms with Crippen LogP contribution in [0.4, 0.5) is 13.6 Å². The summed E-state index contributed by atoms with van der Waals surface area (Å²) in [6, 6.07) is 1.25. The summed E-state index contributed by atoms with van der Waals surface area (Å²) in [4.78, 5) is 24.4. The molecule has 1 aliphatic rings. The number of nitrogens with zero attached hydrogens (tertiary/aromatic N) is 1. The van der Waals surface area contributed by atoms with Crippen LogP contribution in [0.3, 0.4) is 0 Å². The first kappa shape index (κ1) is 16.5. The van der Waals surface area contributed by atoms with Gasteiger partial charge in [0.25, 0.3) is 0 Å². The van der Waals surface area contributed by atoms with Crippen molar-refractivity contribution in [2.75, 3.05) is 13.1 Å². The minimum absolute atomic E-state index is 0.0320. The standard InChI is InChI=1S/C14H15ClF2N2O3/c1-14(12(20)21)2-3-19(7-14)13(22)18-6-8-4-11(17)9(15)5-10(8)16/h4-5H,2-3,6-7H2,1H3,(H,18,22)(H,20,21). The SMILES string of the molecule is CC1(C(=O)O)CCN(C(=O)NCc2cc(F)c(Cl)cc2F)C1. The lowest BCUT2D eigenvalue weighted by atomic mass is 9.90. The lowest BCUT2D eigenvalue weighted by Crippen LogP contribution is -2.40. The maximum absolute atomic E-state index is 13.6. The number of likely N-dealkylation sites (tertiary alicyclic amines) is 1. The fourth-order valence-corrected chi connectivity index (χ4v) is 2.44. The zero-order valence-electron chi connectivity index (χ0n) is 11.8. The van der Waals surface area contributed by atoms with E-state index < -0.39 is 29.0 Å². The third kappa shape index (κ3) is 3.30. The number of carboxylic acid groups (broad SMARTS) is 1. The third-order valence-electron chi connectivity index (χ3n) is 3.80. The Kier molecular flexibility index (Phi) is 4.55. The number of benzene rings is 1. The van der Waals surface area contributed by atoms with Crippen molar-refractivity contribution >= 4 is 23.6 Å². The average molecular weight is 333 g/mol. The van der Waals surface area contributed by atoms with Gasteiger partial charge in [0.1, 0.15) is 11.6 Å². The Morgan fingerprint density at radius 3 is 2.68 bits per heavy atom. The van der Waals surface area contributed by atoms with Gasteiger partial charge in [-0.25, -0.2) is 13.6 Å². The van der Waals surface area contributed by atoms with E-state index in [1.54, 1.807) is 6.92 Å². The summed E-state index contributed by atoms with van der Waals surface area (Å²) in [5.74, 6) is -2.45. The highest BCUT2D eigenvalue weighted by atomic mass is 35.5. The molecule has 1 aromatic rings. The number of carbonyl (C=O) groups is 2. The van der Waals surface area contributed by atoms with Crippen LogP contribution < -0.4 is 5.32 Å². The largest absolute Gasteiger partial charge is 0.481 e. The summed E-state index contributed by atoms with van der Waals surface area (Å²) in [7, 11) is 0. The Morgan fingerprint density at radius 2 is 2.09 bits per heavy atom. The van der Waals surface area contributed by atoms with Gasteiger partial charge >= 0.3 is 12.0 Å². The van der Waals surface area contributed by atoms with Crippen molar-refractivity contribution in [2.24, 2.45) is 5.41 Å². The van der Waals surface area contributed by atoms with Crippen LogP contribution in [-0.2, 0) is 11.3 Å². The molecular formula is C14H15ClF2N2O3. The van der Waals surface area contributed by atoms with Crippen LogP contribution >= 0.6 is 11.6 Å². The molecule has 1 aromatic carbocycles. The highest BCUT2D eigenvalue weighted by Crippen LogP contribution is 2.30. The maximum atomic E-state index is 13.6. The molecule has 2 amide bonds. The molecule has 1 heterocycles. The number of halogens is 3. The van der Waals surface area contributed by atoms with Crippen molar-refractivity contribution in [1.29, 1.82) is 0 Å². The van der Waals surface area contributed by atoms with E-state index in [1.807, 2.05) is 0 Å². The molecule has 5 nitrogen and oxygen atoms in total. The van der Waals surface area contributed by atoms with E-state index in [-0.39, 0.29) is 23.7 Å². The molecule has 1 aliphatic heterocycles. The highest BCUT2D eigenvalue weighted by molar-refractivity contribution is 6.30. The van der Waals surface area contributed by atoms with E-state index in [2.05, 4.69) is 5.32 Å². The summed E-state index contributed by atoms with van der Waals surface area (Å²) < 4.78 is 26.9. The second-order valence-electron chi connectivity index (χ2n) is 5.55. The summed E-state index contributed by atoms with van der Waals surface area (Å²) >= 11 is 5.45. The number of carboxylic acids is 1. The molecule has 120 valence electrons. The third-order valence-corrected chi connectivity index (χ3v) is 4.09. The van der Waals surface area contributed by atoms with Crippen LogP contribution in [0.1, 0.15) is 18.9 Å². The van der Waals surface area contributed by atoms with Crippen LogP contribution in [0.25, 0.3) is 0 Å². The molecule has 0 saturated carbocycles. The van der Waals surface area contributed by atoms with Gasteiger partial charge in [0.2, 0.25) is 0 Å². The second kappa shape index (κ2) is 6.08. The van der Waals surface area contributed by atoms with E-state index >= 15 is 0 Å². The molecule has 2 N–H and O–H groups in total. The lowest BCUT2D eigenvalue weighted by Gasteiger charge is -2.20. The summed E-state index contributed by atoms with van der Waals surface area (Å²) in [5, 5.41) is 11.2. The topological polar surface area (TPSA) is 69.6 Å². The van der Waals surface area contributed by atoms with Crippen LogP contribution in [-0.4, -0.2) is 35.1 Å². The molecule has 22 heavy (non-hydrogen) atoms. The molecule has 8 heteroatoms. The molecule has 0 aliphatic carbocycles. The second-order valence-corrected chi connectivity index (χ2v) is 5.96. The van der Waals surface area contributed by atoms with Crippen LogP contribution in [0, 0.1) is 17.0 Å². The number of amides is 2. The Hall–Kier alpha value is -1.89. The van der Waals surface area contributed by atoms with Gasteiger partial charge in [-0.05, 0) is 25.5 Å². The Morgan fingerprint density at radius 1 is 1.41 bits per heavy atom. The average Bonchev–Trinajstić information content (AvgIpc) is 2.85. The molecule has 0 radical (unpaired) electrons. The van der Waals surface area contributed by atoms with E-state index in [0.717, 1.165) is 12.1 Å². The Labute approximate surface area is 130 Å². The molecule has 0 bridgehead atoms. The molecule has 1 unspecified atom stereocenters. The zero-order valence-corrected chi connectivity index (χ0v) is 12.6. The summed E-state index contributed by atoms with van der Waals surface area (Å²) in [6.07, 6.45) is 0.347. The normalized spacial score (nSPS) is 21.0. The highest BCUT2D eigenvalue weighted by Gasteiger charge is 2.42. The predicted octanol–water partition coefficient (Wildman–Crippen LogP) is 2.62. The van der Waals surface area contributed by atoms with Gasteiger partial charge in [-0.2, -0.15) is 0 Å². The molecule has 0 aromatic heterocycles. The number of hydrogen-bond donors (Lipinski definition) is 2. The Balaban J connectivity index is 1.97. The zero-order chi connectivity index (χ0) is 16.5. The van der Waals surface area contributed by atoms with Crippen molar-refractivity contribution < 1.29 is 23.5 Å². The predicted molar refractivity (Wildman–Crippen MR) is 75.5 cm³/mol. The van der Waals surface area contributed by atoms with E-state index in [9.17, 15) is 18.4 Å². The lowest BCUT2D eigenvalue weighted by molar-refractivity contribution is -0.147. The summed E-state index contributed by atoms with van der Waals surface area (Å²) in [5.41, 5.74) is -1.01. The molecule has 1 saturated heterocycles. The first-order chi connectivity index (χ1) is 10.2. The molecule has 1 atom stereocenters. The summed E-state index contributed by atoms with van der Waals surface area (Å²) in [6.45, 7) is 1.73. The van der Waals surface area contributed by atoms with Crippen molar-refractivity contribution in [3.8, 4) is 0 Å². The molecule has 1 fully saturated rings. The number of nitrogens with one attached hydrogen (secondary N) is 1. The number of carbonyl (C=O) groups excluding carboxylic acids is 1. The smallest absolute Gasteiger partial charge is 0.317 e. The fourth-order valence-electron chi connectivity index (χ4n) is 2.29. The van der Waals surface area contributed by atoms with Crippen LogP contribution in [0.15, 0.2) is 12.1 Å². The maximum Gasteiger partial charge on any atom is 0.317 e. The van der Waals surface area contributed by atoms with Gasteiger partial charge in [0.05, 0.1) is 10.4 Å². The quantitative estimate of drug-likeness (QED) is 0.836. The molecular weight excluding hydrogens is 318 g/mol. The van der Waals surface area contributed by atoms with Crippen molar-refractivity contribution in [3.63, 3.8) is 0 Å². The van der Waals surface area contributed by atoms with Crippen LogP contribution in [0.5, 0.6) is 0 Å². The first-order valence-electron chi connectivity index (χ1n) is 6.62. The van der Waals surface area contributed by atoms with Crippen molar-refractivity contribution in [3.05, 3.63) is 34.4 Å². The first-order valence-corrected chi connectivity index (χ1v) is 7.00. The Bertz CT molecular complexity index is 626. The monoisotopic (exact) mass is 332 g/mol. The number of hydrogen-bond acceptors (Lipinski definition) is 2. The van der Waals surface area contributed by atoms with Crippen molar-refractivity contribution in [2.45, 2.75) is 19.9 Å². The van der Waals surface area contributed by atoms with Gasteiger partial charge in [0, 0.05) is 25.2 Å². The minimum atomic E-state index is -0.977. The number of aliphatic carboxylic acids is 1. The van der Waals surface area contributed by atoms with E-state index in [4.69, 9.17) is 16.7 Å². The van der Waals surface area contributed by atoms with E-state index in [0.29, 0.717) is 13.0 Å². The van der Waals surface area contributed by atoms with E-state index in [1.165, 1.54) is 4.90 Å². The fraction of sp³-hybridized carbons (Fsp3) is 0.429. The van der Waals surface area contributed by atoms with Gasteiger partial charge in [-0.3, -0.25) is 4.79 Å². The molecule has 0 spiro atoms. The van der Waals surface area contributed by atoms with Crippen molar-refractivity contribution in [1.82, 2.24) is 10.2 Å². The van der Waals surface area contributed by atoms with Gasteiger partial charge in [0.15, 0.2) is 0 Å². The van der Waals surface area contributed by atoms with Gasteiger partial charge < -0.3 is 15.3 Å². The minimum Gasteiger partial charge on any atom is -0.481 e. The van der Waals surface area contributed by atoms with Crippen LogP contribution in [0.2, 0.25) is 5.02 Å². The molecule has 2 rings (SSSR count). The number of urea groups is 1.